The average Bonchev–Trinajstić information content (AvgIpc) is 2.58. The molecule has 1 aromatic heterocycles. The van der Waals surface area contributed by atoms with Crippen molar-refractivity contribution in [3.05, 3.63) is 59.4 Å². The zero-order chi connectivity index (χ0) is 20.4. The third-order valence-electron chi connectivity index (χ3n) is 5.45. The highest BCUT2D eigenvalue weighted by Gasteiger charge is 2.55. The van der Waals surface area contributed by atoms with Crippen LogP contribution in [0.25, 0.3) is 0 Å². The number of nitrogens with zero attached hydrogens (tertiary/aromatic N) is 2. The molecule has 1 aliphatic rings. The quantitative estimate of drug-likeness (QED) is 0.807. The van der Waals surface area contributed by atoms with Crippen LogP contribution in [-0.4, -0.2) is 39.8 Å². The summed E-state index contributed by atoms with van der Waals surface area (Å²) in [5, 5.41) is 9.51. The number of likely N-dealkylation sites (tertiary alicyclic amines) is 1. The molecule has 1 atom stereocenters. The number of ether oxygens (including phenoxy) is 1. The number of hydrogen-bond donors (Lipinski definition) is 1. The molecule has 0 aliphatic carbocycles. The number of rotatable bonds is 3. The van der Waals surface area contributed by atoms with Gasteiger partial charge in [0.1, 0.15) is 12.4 Å². The van der Waals surface area contributed by atoms with E-state index in [0.29, 0.717) is 18.9 Å². The third-order valence-corrected chi connectivity index (χ3v) is 5.45. The minimum absolute atomic E-state index is 0.236. The lowest BCUT2D eigenvalue weighted by Gasteiger charge is -2.57. The van der Waals surface area contributed by atoms with Crippen molar-refractivity contribution in [3.63, 3.8) is 0 Å². The number of carboxylic acid groups (broad SMARTS) is 1. The molecule has 0 radical (unpaired) electrons. The predicted molar refractivity (Wildman–Crippen MR) is 108 cm³/mol. The molecule has 0 bridgehead atoms. The highest BCUT2D eigenvalue weighted by atomic mass is 16.5. The van der Waals surface area contributed by atoms with Gasteiger partial charge in [-0.25, -0.2) is 4.79 Å². The number of benzene rings is 1. The van der Waals surface area contributed by atoms with Gasteiger partial charge in [-0.2, -0.15) is 0 Å². The second-order valence-electron chi connectivity index (χ2n) is 8.28. The Morgan fingerprint density at radius 2 is 2.00 bits per heavy atom. The normalized spacial score (nSPS) is 18.6. The molecule has 1 aromatic carbocycles. The van der Waals surface area contributed by atoms with Crippen LogP contribution in [0.5, 0.6) is 5.75 Å². The van der Waals surface area contributed by atoms with E-state index in [0.717, 1.165) is 23.1 Å². The summed E-state index contributed by atoms with van der Waals surface area (Å²) in [6.07, 6.45) is 3.21. The molecule has 5 heteroatoms. The number of hydrogen-bond acceptors (Lipinski definition) is 3. The first-order valence-corrected chi connectivity index (χ1v) is 9.38. The Morgan fingerprint density at radius 1 is 1.25 bits per heavy atom. The van der Waals surface area contributed by atoms with Gasteiger partial charge in [0, 0.05) is 23.9 Å². The van der Waals surface area contributed by atoms with E-state index in [1.807, 2.05) is 58.0 Å². The summed E-state index contributed by atoms with van der Waals surface area (Å²) < 4.78 is 6.00. The Morgan fingerprint density at radius 3 is 2.61 bits per heavy atom. The van der Waals surface area contributed by atoms with Crippen LogP contribution >= 0.6 is 0 Å². The molecular weight excluding hydrogens is 352 g/mol. The van der Waals surface area contributed by atoms with Gasteiger partial charge in [0.15, 0.2) is 0 Å². The van der Waals surface area contributed by atoms with Crippen molar-refractivity contribution >= 4 is 6.09 Å². The average molecular weight is 378 g/mol. The molecule has 1 saturated heterocycles. The fourth-order valence-electron chi connectivity index (χ4n) is 3.55. The zero-order valence-corrected chi connectivity index (χ0v) is 16.8. The maximum atomic E-state index is 11.6. The summed E-state index contributed by atoms with van der Waals surface area (Å²) in [5.41, 5.74) is 2.09. The van der Waals surface area contributed by atoms with Crippen LogP contribution in [0.4, 0.5) is 4.79 Å². The molecule has 1 fully saturated rings. The smallest absolute Gasteiger partial charge is 0.407 e. The maximum Gasteiger partial charge on any atom is 0.407 e. The minimum atomic E-state index is -0.902. The second kappa shape index (κ2) is 7.55. The Balaban J connectivity index is 1.75. The van der Waals surface area contributed by atoms with E-state index in [1.54, 1.807) is 12.4 Å². The number of carbonyl (C=O) groups is 1. The van der Waals surface area contributed by atoms with Gasteiger partial charge in [0.25, 0.3) is 0 Å². The van der Waals surface area contributed by atoms with Gasteiger partial charge in [-0.05, 0) is 42.5 Å². The number of aromatic nitrogens is 1. The Labute approximate surface area is 166 Å². The van der Waals surface area contributed by atoms with Gasteiger partial charge in [0.2, 0.25) is 0 Å². The largest absolute Gasteiger partial charge is 0.489 e. The van der Waals surface area contributed by atoms with E-state index in [1.165, 1.54) is 4.90 Å². The molecule has 1 N–H and O–H groups in total. The first-order chi connectivity index (χ1) is 13.2. The molecule has 1 unspecified atom stereocenters. The lowest BCUT2D eigenvalue weighted by atomic mass is 9.66. The number of aryl methyl sites for hydroxylation is 1. The minimum Gasteiger partial charge on any atom is -0.489 e. The predicted octanol–water partition coefficient (Wildman–Crippen LogP) is 4.34. The van der Waals surface area contributed by atoms with Crippen LogP contribution in [-0.2, 0) is 0 Å². The SMILES string of the molecule is Cc1cccc(C#Cc2cncc(OCC3(C(C)(C)C)CCN3C(=O)O)c2)c1. The molecule has 2 heterocycles. The van der Waals surface area contributed by atoms with E-state index in [2.05, 4.69) is 16.8 Å². The molecule has 1 aliphatic heterocycles. The van der Waals surface area contributed by atoms with Gasteiger partial charge in [-0.1, -0.05) is 44.7 Å². The Bertz CT molecular complexity index is 937. The second-order valence-corrected chi connectivity index (χ2v) is 8.28. The summed E-state index contributed by atoms with van der Waals surface area (Å²) in [5.74, 6) is 6.85. The molecule has 2 aromatic rings. The van der Waals surface area contributed by atoms with Gasteiger partial charge >= 0.3 is 6.09 Å². The molecule has 0 saturated carbocycles. The van der Waals surface area contributed by atoms with E-state index in [-0.39, 0.29) is 5.41 Å². The third kappa shape index (κ3) is 3.96. The lowest BCUT2D eigenvalue weighted by molar-refractivity contribution is -0.0962. The monoisotopic (exact) mass is 378 g/mol. The van der Waals surface area contributed by atoms with Crippen molar-refractivity contribution in [1.29, 1.82) is 0 Å². The van der Waals surface area contributed by atoms with Crippen LogP contribution in [0.15, 0.2) is 42.7 Å². The fourth-order valence-corrected chi connectivity index (χ4v) is 3.55. The number of amides is 1. The summed E-state index contributed by atoms with van der Waals surface area (Å²) in [4.78, 5) is 17.3. The van der Waals surface area contributed by atoms with Crippen LogP contribution < -0.4 is 4.74 Å². The molecule has 1 amide bonds. The van der Waals surface area contributed by atoms with Crippen LogP contribution in [0, 0.1) is 24.2 Å². The van der Waals surface area contributed by atoms with Crippen molar-refractivity contribution < 1.29 is 14.6 Å². The van der Waals surface area contributed by atoms with Gasteiger partial charge in [0.05, 0.1) is 11.7 Å². The fraction of sp³-hybridized carbons (Fsp3) is 0.391. The van der Waals surface area contributed by atoms with Crippen LogP contribution in [0.3, 0.4) is 0 Å². The van der Waals surface area contributed by atoms with Crippen LogP contribution in [0.2, 0.25) is 0 Å². The molecule has 0 spiro atoms. The number of pyridine rings is 1. The molecule has 5 nitrogen and oxygen atoms in total. The van der Waals surface area contributed by atoms with Crippen molar-refractivity contribution in [1.82, 2.24) is 9.88 Å². The van der Waals surface area contributed by atoms with Gasteiger partial charge < -0.3 is 9.84 Å². The molecule has 146 valence electrons. The van der Waals surface area contributed by atoms with Crippen molar-refractivity contribution in [2.75, 3.05) is 13.2 Å². The molecule has 3 rings (SSSR count). The van der Waals surface area contributed by atoms with Crippen LogP contribution in [0.1, 0.15) is 43.9 Å². The topological polar surface area (TPSA) is 62.7 Å². The van der Waals surface area contributed by atoms with Crippen molar-refractivity contribution in [2.45, 2.75) is 39.7 Å². The van der Waals surface area contributed by atoms with Crippen molar-refractivity contribution in [2.24, 2.45) is 5.41 Å². The highest BCUT2D eigenvalue weighted by Crippen LogP contribution is 2.45. The standard InChI is InChI=1S/C23H26N2O3/c1-17-6-5-7-18(12-17)8-9-19-13-20(15-24-14-19)28-16-23(22(2,3)4)10-11-25(23)21(26)27/h5-7,12-15H,10-11,16H2,1-4H3,(H,26,27). The van der Waals surface area contributed by atoms with E-state index >= 15 is 0 Å². The van der Waals surface area contributed by atoms with Gasteiger partial charge in [-0.3, -0.25) is 9.88 Å². The Hall–Kier alpha value is -3.00. The summed E-state index contributed by atoms with van der Waals surface area (Å²) >= 11 is 0. The lowest BCUT2D eigenvalue weighted by Crippen LogP contribution is -2.70. The van der Waals surface area contributed by atoms with Crippen molar-refractivity contribution in [3.8, 4) is 17.6 Å². The first-order valence-electron chi connectivity index (χ1n) is 9.38. The van der Waals surface area contributed by atoms with E-state index in [4.69, 9.17) is 4.74 Å². The molecule has 28 heavy (non-hydrogen) atoms. The Kier molecular flexibility index (Phi) is 5.33. The summed E-state index contributed by atoms with van der Waals surface area (Å²) in [6.45, 7) is 9.01. The maximum absolute atomic E-state index is 11.6. The van der Waals surface area contributed by atoms with Gasteiger partial charge in [-0.15, -0.1) is 0 Å². The highest BCUT2D eigenvalue weighted by molar-refractivity contribution is 5.68. The summed E-state index contributed by atoms with van der Waals surface area (Å²) in [6, 6.07) is 9.86. The summed E-state index contributed by atoms with van der Waals surface area (Å²) in [7, 11) is 0. The molecular formula is C23H26N2O3. The van der Waals surface area contributed by atoms with E-state index in [9.17, 15) is 9.90 Å². The van der Waals surface area contributed by atoms with E-state index < -0.39 is 11.6 Å². The first kappa shape index (κ1) is 19.8. The zero-order valence-electron chi connectivity index (χ0n) is 16.8.